The zero-order valence-corrected chi connectivity index (χ0v) is 12.1. The summed E-state index contributed by atoms with van der Waals surface area (Å²) in [6, 6.07) is -1.40. The van der Waals surface area contributed by atoms with Gasteiger partial charge in [0.2, 0.25) is 10.0 Å². The Balaban J connectivity index is 2.41. The number of carbonyl (C=O) groups excluding carboxylic acids is 1. The molecule has 1 fully saturated rings. The Morgan fingerprint density at radius 1 is 1.47 bits per heavy atom. The first-order valence-corrected chi connectivity index (χ1v) is 8.50. The standard InChI is InChI=1S/C9H17N3O5S2/c1-2-11-19(16,17)4-3-10-9(15)12-6-18-5-7(12)8(13)14/h7,11H,2-6H2,1H3,(H,10,15)(H,13,14). The predicted octanol–water partition coefficient (Wildman–Crippen LogP) is -0.905. The zero-order chi connectivity index (χ0) is 14.5. The van der Waals surface area contributed by atoms with Gasteiger partial charge in [0.05, 0.1) is 11.6 Å². The predicted molar refractivity (Wildman–Crippen MR) is 71.5 cm³/mol. The highest BCUT2D eigenvalue weighted by Gasteiger charge is 2.34. The lowest BCUT2D eigenvalue weighted by Gasteiger charge is -2.20. The van der Waals surface area contributed by atoms with Crippen molar-refractivity contribution in [1.29, 1.82) is 0 Å². The molecule has 1 aliphatic heterocycles. The minimum absolute atomic E-state index is 0.0539. The van der Waals surface area contributed by atoms with Crippen LogP contribution in [0.15, 0.2) is 0 Å². The van der Waals surface area contributed by atoms with Gasteiger partial charge in [0.25, 0.3) is 0 Å². The van der Waals surface area contributed by atoms with E-state index in [-0.39, 0.29) is 12.3 Å². The van der Waals surface area contributed by atoms with Crippen LogP contribution in [0.25, 0.3) is 0 Å². The van der Waals surface area contributed by atoms with E-state index in [0.29, 0.717) is 18.2 Å². The lowest BCUT2D eigenvalue weighted by atomic mass is 10.3. The maximum Gasteiger partial charge on any atom is 0.327 e. The third-order valence-corrected chi connectivity index (χ3v) is 4.92. The van der Waals surface area contributed by atoms with Gasteiger partial charge in [0.1, 0.15) is 6.04 Å². The molecule has 0 radical (unpaired) electrons. The van der Waals surface area contributed by atoms with E-state index in [0.717, 1.165) is 0 Å². The van der Waals surface area contributed by atoms with E-state index in [2.05, 4.69) is 10.0 Å². The average Bonchev–Trinajstić information content (AvgIpc) is 2.77. The molecule has 0 aromatic heterocycles. The summed E-state index contributed by atoms with van der Waals surface area (Å²) >= 11 is 1.35. The van der Waals surface area contributed by atoms with Crippen LogP contribution in [0.4, 0.5) is 4.79 Å². The number of rotatable bonds is 6. The SMILES string of the molecule is CCNS(=O)(=O)CCNC(=O)N1CSCC1C(=O)O. The Bertz CT molecular complexity index is 439. The van der Waals surface area contributed by atoms with Gasteiger partial charge in [-0.3, -0.25) is 0 Å². The van der Waals surface area contributed by atoms with E-state index in [1.165, 1.54) is 16.7 Å². The van der Waals surface area contributed by atoms with Gasteiger partial charge in [-0.05, 0) is 0 Å². The third kappa shape index (κ3) is 4.88. The molecule has 0 aromatic rings. The molecule has 1 saturated heterocycles. The van der Waals surface area contributed by atoms with Crippen LogP contribution in [0.3, 0.4) is 0 Å². The molecule has 10 heteroatoms. The van der Waals surface area contributed by atoms with Crippen LogP contribution in [0.5, 0.6) is 0 Å². The van der Waals surface area contributed by atoms with Crippen molar-refractivity contribution < 1.29 is 23.1 Å². The van der Waals surface area contributed by atoms with Gasteiger partial charge in [-0.2, -0.15) is 0 Å². The van der Waals surface area contributed by atoms with Crippen molar-refractivity contribution in [1.82, 2.24) is 14.9 Å². The van der Waals surface area contributed by atoms with Crippen LogP contribution in [-0.4, -0.2) is 66.9 Å². The molecule has 1 atom stereocenters. The summed E-state index contributed by atoms with van der Waals surface area (Å²) in [5.74, 6) is -0.646. The topological polar surface area (TPSA) is 116 Å². The minimum Gasteiger partial charge on any atom is -0.480 e. The van der Waals surface area contributed by atoms with Crippen molar-refractivity contribution in [3.8, 4) is 0 Å². The van der Waals surface area contributed by atoms with Crippen LogP contribution >= 0.6 is 11.8 Å². The zero-order valence-electron chi connectivity index (χ0n) is 10.5. The number of urea groups is 1. The van der Waals surface area contributed by atoms with E-state index in [1.54, 1.807) is 6.92 Å². The largest absolute Gasteiger partial charge is 0.480 e. The smallest absolute Gasteiger partial charge is 0.327 e. The van der Waals surface area contributed by atoms with E-state index >= 15 is 0 Å². The highest BCUT2D eigenvalue weighted by Crippen LogP contribution is 2.20. The normalized spacial score (nSPS) is 19.4. The van der Waals surface area contributed by atoms with Crippen molar-refractivity contribution in [3.05, 3.63) is 0 Å². The molecule has 19 heavy (non-hydrogen) atoms. The number of carbonyl (C=O) groups is 2. The van der Waals surface area contributed by atoms with E-state index in [9.17, 15) is 18.0 Å². The first kappa shape index (κ1) is 16.1. The van der Waals surface area contributed by atoms with Crippen LogP contribution in [0.1, 0.15) is 6.92 Å². The lowest BCUT2D eigenvalue weighted by Crippen LogP contribution is -2.48. The van der Waals surface area contributed by atoms with Gasteiger partial charge in [0.15, 0.2) is 0 Å². The summed E-state index contributed by atoms with van der Waals surface area (Å²) in [6.07, 6.45) is 0. The maximum absolute atomic E-state index is 11.7. The monoisotopic (exact) mass is 311 g/mol. The molecule has 3 N–H and O–H groups in total. The second-order valence-electron chi connectivity index (χ2n) is 3.87. The summed E-state index contributed by atoms with van der Waals surface area (Å²) in [7, 11) is -3.39. The van der Waals surface area contributed by atoms with E-state index in [4.69, 9.17) is 5.11 Å². The van der Waals surface area contributed by atoms with Crippen molar-refractivity contribution in [2.24, 2.45) is 0 Å². The quantitative estimate of drug-likeness (QED) is 0.585. The molecule has 110 valence electrons. The molecular weight excluding hydrogens is 294 g/mol. The number of hydrogen-bond acceptors (Lipinski definition) is 5. The number of nitrogens with one attached hydrogen (secondary N) is 2. The second-order valence-corrected chi connectivity index (χ2v) is 6.80. The Morgan fingerprint density at radius 2 is 2.16 bits per heavy atom. The number of carboxylic acids is 1. The molecule has 8 nitrogen and oxygen atoms in total. The summed E-state index contributed by atoms with van der Waals surface area (Å²) in [6.45, 7) is 1.90. The molecule has 0 aromatic carbocycles. The number of sulfonamides is 1. The van der Waals surface area contributed by atoms with Crippen LogP contribution < -0.4 is 10.0 Å². The Kier molecular flexibility index (Phi) is 5.88. The molecule has 0 aliphatic carbocycles. The fourth-order valence-corrected chi connectivity index (χ4v) is 3.63. The molecule has 2 amide bonds. The molecular formula is C9H17N3O5S2. The van der Waals surface area contributed by atoms with Crippen LogP contribution in [0, 0.1) is 0 Å². The fourth-order valence-electron chi connectivity index (χ4n) is 1.53. The Hall–Kier alpha value is -1.00. The van der Waals surface area contributed by atoms with E-state index < -0.39 is 28.1 Å². The molecule has 0 spiro atoms. The number of hydrogen-bond donors (Lipinski definition) is 3. The molecule has 1 heterocycles. The second kappa shape index (κ2) is 6.96. The summed E-state index contributed by atoms with van der Waals surface area (Å²) < 4.78 is 25.0. The first-order valence-electron chi connectivity index (χ1n) is 5.69. The van der Waals surface area contributed by atoms with Gasteiger partial charge >= 0.3 is 12.0 Å². The number of nitrogens with zero attached hydrogens (tertiary/aromatic N) is 1. The highest BCUT2D eigenvalue weighted by atomic mass is 32.2. The lowest BCUT2D eigenvalue weighted by molar-refractivity contribution is -0.140. The van der Waals surface area contributed by atoms with Gasteiger partial charge in [-0.1, -0.05) is 6.92 Å². The highest BCUT2D eigenvalue weighted by molar-refractivity contribution is 7.99. The summed E-state index contributed by atoms with van der Waals surface area (Å²) in [5, 5.41) is 11.3. The van der Waals surface area contributed by atoms with Gasteiger partial charge in [-0.15, -0.1) is 11.8 Å². The van der Waals surface area contributed by atoms with Gasteiger partial charge in [0, 0.05) is 18.8 Å². The van der Waals surface area contributed by atoms with Gasteiger partial charge in [-0.25, -0.2) is 22.7 Å². The number of aliphatic carboxylic acids is 1. The number of carboxylic acid groups (broad SMARTS) is 1. The van der Waals surface area contributed by atoms with Gasteiger partial charge < -0.3 is 15.3 Å². The first-order chi connectivity index (χ1) is 8.87. The average molecular weight is 311 g/mol. The summed E-state index contributed by atoms with van der Waals surface area (Å²) in [4.78, 5) is 23.8. The van der Waals surface area contributed by atoms with E-state index in [1.807, 2.05) is 0 Å². The van der Waals surface area contributed by atoms with Crippen LogP contribution in [0.2, 0.25) is 0 Å². The number of thioether (sulfide) groups is 1. The number of amides is 2. The summed E-state index contributed by atoms with van der Waals surface area (Å²) in [5.41, 5.74) is 0. The minimum atomic E-state index is -3.39. The maximum atomic E-state index is 11.7. The molecule has 1 aliphatic rings. The molecule has 1 unspecified atom stereocenters. The molecule has 0 bridgehead atoms. The molecule has 0 saturated carbocycles. The van der Waals surface area contributed by atoms with Crippen LogP contribution in [-0.2, 0) is 14.8 Å². The fraction of sp³-hybridized carbons (Fsp3) is 0.778. The van der Waals surface area contributed by atoms with Crippen molar-refractivity contribution >= 4 is 33.8 Å². The van der Waals surface area contributed by atoms with Crippen molar-refractivity contribution in [3.63, 3.8) is 0 Å². The Labute approximate surface area is 116 Å². The van der Waals surface area contributed by atoms with Crippen molar-refractivity contribution in [2.75, 3.05) is 30.5 Å². The van der Waals surface area contributed by atoms with Crippen molar-refractivity contribution in [2.45, 2.75) is 13.0 Å². The third-order valence-electron chi connectivity index (χ3n) is 2.44. The molecule has 1 rings (SSSR count). The Morgan fingerprint density at radius 3 is 2.74 bits per heavy atom.